The summed E-state index contributed by atoms with van der Waals surface area (Å²) in [5, 5.41) is 7.36. The van der Waals surface area contributed by atoms with Gasteiger partial charge in [-0.15, -0.1) is 0 Å². The quantitative estimate of drug-likeness (QED) is 0.447. The number of nitrogens with zero attached hydrogens (tertiary/aromatic N) is 3. The van der Waals surface area contributed by atoms with Gasteiger partial charge in [-0.2, -0.15) is 4.98 Å². The van der Waals surface area contributed by atoms with Gasteiger partial charge in [0.1, 0.15) is 5.75 Å². The molecule has 1 unspecified atom stereocenters. The molecule has 1 aliphatic rings. The number of methoxy groups -OCH3 is 3. The normalized spacial score (nSPS) is 15.3. The number of rotatable bonds is 10. The second-order valence-corrected chi connectivity index (χ2v) is 8.87. The Morgan fingerprint density at radius 3 is 2.42 bits per heavy atom. The molecule has 1 amide bonds. The van der Waals surface area contributed by atoms with Crippen molar-refractivity contribution < 1.29 is 23.5 Å². The lowest BCUT2D eigenvalue weighted by Crippen LogP contribution is -2.41. The Bertz CT molecular complexity index is 1140. The number of carbonyl (C=O) groups excluding carboxylic acids is 1. The van der Waals surface area contributed by atoms with E-state index in [1.807, 2.05) is 42.5 Å². The molecule has 9 heteroatoms. The molecule has 1 atom stereocenters. The van der Waals surface area contributed by atoms with Crippen LogP contribution in [0.5, 0.6) is 17.2 Å². The number of hydrogen-bond acceptors (Lipinski definition) is 8. The maximum absolute atomic E-state index is 13.0. The highest BCUT2D eigenvalue weighted by molar-refractivity contribution is 5.79. The van der Waals surface area contributed by atoms with Gasteiger partial charge in [0.2, 0.25) is 17.6 Å². The van der Waals surface area contributed by atoms with E-state index in [0.29, 0.717) is 29.8 Å². The summed E-state index contributed by atoms with van der Waals surface area (Å²) in [4.78, 5) is 19.8. The number of aromatic nitrogens is 2. The standard InChI is InChI=1S/C27H34N4O5/c1-5-22(18-6-9-21(33-2)10-7-18)28-27(32)19-12-14-31(15-13-19)17-25-29-26(30-36-25)20-8-11-23(34-3)24(16-20)35-4/h6-11,16,19,22H,5,12-15,17H2,1-4H3,(H,28,32). The molecule has 2 heterocycles. The molecule has 1 saturated heterocycles. The number of nitrogens with one attached hydrogen (secondary N) is 1. The lowest BCUT2D eigenvalue weighted by atomic mass is 9.94. The van der Waals surface area contributed by atoms with Gasteiger partial charge in [-0.3, -0.25) is 9.69 Å². The zero-order valence-electron chi connectivity index (χ0n) is 21.3. The first kappa shape index (κ1) is 25.5. The number of ether oxygens (including phenoxy) is 3. The molecule has 0 radical (unpaired) electrons. The Kier molecular flexibility index (Phi) is 8.43. The Morgan fingerprint density at radius 2 is 1.78 bits per heavy atom. The molecule has 0 saturated carbocycles. The molecule has 4 rings (SSSR count). The van der Waals surface area contributed by atoms with Crippen LogP contribution in [0.2, 0.25) is 0 Å². The van der Waals surface area contributed by atoms with Crippen LogP contribution >= 0.6 is 0 Å². The summed E-state index contributed by atoms with van der Waals surface area (Å²) in [7, 11) is 4.84. The van der Waals surface area contributed by atoms with Gasteiger partial charge in [0, 0.05) is 11.5 Å². The van der Waals surface area contributed by atoms with Crippen LogP contribution in [0, 0.1) is 5.92 Å². The molecule has 1 aromatic heterocycles. The van der Waals surface area contributed by atoms with E-state index in [4.69, 9.17) is 18.7 Å². The van der Waals surface area contributed by atoms with Crippen LogP contribution in [-0.4, -0.2) is 55.4 Å². The van der Waals surface area contributed by atoms with E-state index < -0.39 is 0 Å². The highest BCUT2D eigenvalue weighted by Crippen LogP contribution is 2.31. The number of carbonyl (C=O) groups is 1. The van der Waals surface area contributed by atoms with Crippen molar-refractivity contribution in [1.29, 1.82) is 0 Å². The third-order valence-corrected chi connectivity index (χ3v) is 6.67. The molecule has 192 valence electrons. The van der Waals surface area contributed by atoms with Crippen LogP contribution in [0.1, 0.15) is 43.7 Å². The molecule has 1 N–H and O–H groups in total. The van der Waals surface area contributed by atoms with E-state index >= 15 is 0 Å². The zero-order valence-corrected chi connectivity index (χ0v) is 21.3. The third kappa shape index (κ3) is 5.96. The zero-order chi connectivity index (χ0) is 25.5. The van der Waals surface area contributed by atoms with Crippen LogP contribution < -0.4 is 19.5 Å². The number of benzene rings is 2. The second kappa shape index (κ2) is 11.9. The minimum absolute atomic E-state index is 0.00133. The average molecular weight is 495 g/mol. The molecule has 0 bridgehead atoms. The van der Waals surface area contributed by atoms with Gasteiger partial charge in [-0.05, 0) is 68.2 Å². The summed E-state index contributed by atoms with van der Waals surface area (Å²) < 4.78 is 21.4. The van der Waals surface area contributed by atoms with E-state index in [1.165, 1.54) is 0 Å². The van der Waals surface area contributed by atoms with Gasteiger partial charge in [-0.1, -0.05) is 24.2 Å². The minimum Gasteiger partial charge on any atom is -0.497 e. The highest BCUT2D eigenvalue weighted by Gasteiger charge is 2.27. The predicted molar refractivity (Wildman–Crippen MR) is 135 cm³/mol. The number of amides is 1. The van der Waals surface area contributed by atoms with E-state index in [-0.39, 0.29) is 17.9 Å². The fourth-order valence-corrected chi connectivity index (χ4v) is 4.50. The number of likely N-dealkylation sites (tertiary alicyclic amines) is 1. The van der Waals surface area contributed by atoms with E-state index in [9.17, 15) is 4.79 Å². The SMILES string of the molecule is CCC(NC(=O)C1CCN(Cc2nc(-c3ccc(OC)c(OC)c3)no2)CC1)c1ccc(OC)cc1. The first-order chi connectivity index (χ1) is 17.5. The Morgan fingerprint density at radius 1 is 1.06 bits per heavy atom. The molecule has 36 heavy (non-hydrogen) atoms. The summed E-state index contributed by atoms with van der Waals surface area (Å²) >= 11 is 0. The van der Waals surface area contributed by atoms with Gasteiger partial charge >= 0.3 is 0 Å². The van der Waals surface area contributed by atoms with Crippen molar-refractivity contribution >= 4 is 5.91 Å². The van der Waals surface area contributed by atoms with Crippen molar-refractivity contribution in [2.75, 3.05) is 34.4 Å². The molecule has 2 aromatic carbocycles. The Balaban J connectivity index is 1.29. The van der Waals surface area contributed by atoms with E-state index in [1.54, 1.807) is 21.3 Å². The smallest absolute Gasteiger partial charge is 0.241 e. The summed E-state index contributed by atoms with van der Waals surface area (Å²) in [5.74, 6) is 3.23. The maximum Gasteiger partial charge on any atom is 0.241 e. The number of piperidine rings is 1. The molecular weight excluding hydrogens is 460 g/mol. The van der Waals surface area contributed by atoms with Gasteiger partial charge in [0.25, 0.3) is 0 Å². The molecule has 0 spiro atoms. The summed E-state index contributed by atoms with van der Waals surface area (Å²) in [6.07, 6.45) is 2.42. The third-order valence-electron chi connectivity index (χ3n) is 6.67. The first-order valence-electron chi connectivity index (χ1n) is 12.3. The topological polar surface area (TPSA) is 99.0 Å². The van der Waals surface area contributed by atoms with Gasteiger partial charge < -0.3 is 24.1 Å². The van der Waals surface area contributed by atoms with Crippen LogP contribution in [0.4, 0.5) is 0 Å². The van der Waals surface area contributed by atoms with Crippen LogP contribution in [0.3, 0.4) is 0 Å². The van der Waals surface area contributed by atoms with Crippen LogP contribution in [-0.2, 0) is 11.3 Å². The van der Waals surface area contributed by atoms with Gasteiger partial charge in [0.15, 0.2) is 11.5 Å². The fourth-order valence-electron chi connectivity index (χ4n) is 4.50. The lowest BCUT2D eigenvalue weighted by Gasteiger charge is -2.31. The fraction of sp³-hybridized carbons (Fsp3) is 0.444. The monoisotopic (exact) mass is 494 g/mol. The molecule has 1 fully saturated rings. The molecule has 1 aliphatic heterocycles. The first-order valence-corrected chi connectivity index (χ1v) is 12.3. The van der Waals surface area contributed by atoms with Crippen molar-refractivity contribution in [3.8, 4) is 28.6 Å². The van der Waals surface area contributed by atoms with Crippen molar-refractivity contribution in [3.05, 3.63) is 53.9 Å². The molecule has 9 nitrogen and oxygen atoms in total. The van der Waals surface area contributed by atoms with Crippen LogP contribution in [0.25, 0.3) is 11.4 Å². The van der Waals surface area contributed by atoms with Crippen molar-refractivity contribution in [3.63, 3.8) is 0 Å². The van der Waals surface area contributed by atoms with Crippen molar-refractivity contribution in [2.45, 2.75) is 38.8 Å². The molecule has 0 aliphatic carbocycles. The van der Waals surface area contributed by atoms with E-state index in [2.05, 4.69) is 27.3 Å². The highest BCUT2D eigenvalue weighted by atomic mass is 16.5. The van der Waals surface area contributed by atoms with Crippen molar-refractivity contribution in [2.24, 2.45) is 5.92 Å². The van der Waals surface area contributed by atoms with Gasteiger partial charge in [-0.25, -0.2) is 0 Å². The second-order valence-electron chi connectivity index (χ2n) is 8.87. The summed E-state index contributed by atoms with van der Waals surface area (Å²) in [5.41, 5.74) is 1.88. The Labute approximate surface area is 211 Å². The van der Waals surface area contributed by atoms with Crippen LogP contribution in [0.15, 0.2) is 47.0 Å². The minimum atomic E-state index is -0.00479. The average Bonchev–Trinajstić information content (AvgIpc) is 3.40. The largest absolute Gasteiger partial charge is 0.497 e. The van der Waals surface area contributed by atoms with Gasteiger partial charge in [0.05, 0.1) is 33.9 Å². The number of hydrogen-bond donors (Lipinski definition) is 1. The predicted octanol–water partition coefficient (Wildman–Crippen LogP) is 4.24. The van der Waals surface area contributed by atoms with E-state index in [0.717, 1.165) is 49.2 Å². The molecule has 3 aromatic rings. The summed E-state index contributed by atoms with van der Waals surface area (Å²) in [6, 6.07) is 13.4. The molecular formula is C27H34N4O5. The summed E-state index contributed by atoms with van der Waals surface area (Å²) in [6.45, 7) is 4.23. The Hall–Kier alpha value is -3.59. The van der Waals surface area contributed by atoms with Crippen molar-refractivity contribution in [1.82, 2.24) is 20.4 Å². The maximum atomic E-state index is 13.0. The lowest BCUT2D eigenvalue weighted by molar-refractivity contribution is -0.127.